The highest BCUT2D eigenvalue weighted by molar-refractivity contribution is 14.0. The molecule has 0 amide bonds. The maximum Gasteiger partial charge on any atom is 0.194 e. The Morgan fingerprint density at radius 3 is 3.00 bits per heavy atom. The summed E-state index contributed by atoms with van der Waals surface area (Å²) in [6.45, 7) is 2.54. The smallest absolute Gasteiger partial charge is 0.194 e. The Morgan fingerprint density at radius 1 is 1.50 bits per heavy atom. The van der Waals surface area contributed by atoms with Crippen LogP contribution in [0.4, 0.5) is 4.39 Å². The van der Waals surface area contributed by atoms with Crippen molar-refractivity contribution in [3.8, 4) is 0 Å². The van der Waals surface area contributed by atoms with Gasteiger partial charge in [0, 0.05) is 43.4 Å². The minimum atomic E-state index is -0.252. The number of halogens is 3. The Balaban J connectivity index is 0.00000243. The van der Waals surface area contributed by atoms with Gasteiger partial charge in [-0.1, -0.05) is 15.9 Å². The number of morpholine rings is 1. The van der Waals surface area contributed by atoms with Crippen LogP contribution >= 0.6 is 39.9 Å². The lowest BCUT2D eigenvalue weighted by atomic mass is 10.1. The zero-order chi connectivity index (χ0) is 17.8. The molecule has 6 nitrogen and oxygen atoms in total. The van der Waals surface area contributed by atoms with E-state index >= 15 is 0 Å². The lowest BCUT2D eigenvalue weighted by Gasteiger charge is -2.34. The van der Waals surface area contributed by atoms with Crippen molar-refractivity contribution in [2.24, 2.45) is 12.0 Å². The summed E-state index contributed by atoms with van der Waals surface area (Å²) in [6.07, 6.45) is 3.75. The molecule has 1 aromatic heterocycles. The number of hydrogen-bond acceptors (Lipinski definition) is 3. The molecule has 2 aromatic rings. The summed E-state index contributed by atoms with van der Waals surface area (Å²) in [4.78, 5) is 6.51. The summed E-state index contributed by atoms with van der Waals surface area (Å²) in [5.41, 5.74) is 1.90. The molecule has 1 aromatic carbocycles. The molecule has 0 spiro atoms. The molecule has 9 heteroatoms. The molecule has 142 valence electrons. The number of aromatic nitrogens is 2. The molecule has 2 heterocycles. The van der Waals surface area contributed by atoms with Gasteiger partial charge in [0.25, 0.3) is 0 Å². The van der Waals surface area contributed by atoms with Gasteiger partial charge >= 0.3 is 0 Å². The van der Waals surface area contributed by atoms with Crippen LogP contribution < -0.4 is 5.32 Å². The molecule has 0 bridgehead atoms. The standard InChI is InChI=1S/C17H21BrFN5O.HI/c1-20-17(21-8-12-7-14(19)3-4-15(12)18)24-5-6-25-16(11-24)13-9-22-23(2)10-13;/h3-4,7,9-10,16H,5-6,8,11H2,1-2H3,(H,20,21);1H. The van der Waals surface area contributed by atoms with E-state index in [2.05, 4.69) is 36.2 Å². The van der Waals surface area contributed by atoms with Gasteiger partial charge < -0.3 is 15.0 Å². The molecule has 0 aliphatic carbocycles. The first-order valence-electron chi connectivity index (χ1n) is 8.06. The van der Waals surface area contributed by atoms with Crippen molar-refractivity contribution in [3.63, 3.8) is 0 Å². The minimum absolute atomic E-state index is 0. The van der Waals surface area contributed by atoms with Crippen molar-refractivity contribution in [3.05, 3.63) is 52.0 Å². The maximum absolute atomic E-state index is 13.4. The van der Waals surface area contributed by atoms with E-state index in [-0.39, 0.29) is 35.9 Å². The molecule has 0 saturated carbocycles. The molecule has 1 unspecified atom stereocenters. The number of rotatable bonds is 3. The largest absolute Gasteiger partial charge is 0.370 e. The van der Waals surface area contributed by atoms with Crippen molar-refractivity contribution in [1.29, 1.82) is 0 Å². The summed E-state index contributed by atoms with van der Waals surface area (Å²) in [5.74, 6) is 0.520. The lowest BCUT2D eigenvalue weighted by molar-refractivity contribution is -0.00805. The van der Waals surface area contributed by atoms with Crippen molar-refractivity contribution in [1.82, 2.24) is 20.0 Å². The van der Waals surface area contributed by atoms with Gasteiger partial charge in [-0.3, -0.25) is 9.67 Å². The van der Waals surface area contributed by atoms with Crippen molar-refractivity contribution < 1.29 is 9.13 Å². The number of hydrogen-bond donors (Lipinski definition) is 1. The molecule has 26 heavy (non-hydrogen) atoms. The lowest BCUT2D eigenvalue weighted by Crippen LogP contribution is -2.47. The van der Waals surface area contributed by atoms with Crippen molar-refractivity contribution in [2.45, 2.75) is 12.6 Å². The number of aryl methyl sites for hydroxylation is 1. The normalized spacial score (nSPS) is 17.8. The van der Waals surface area contributed by atoms with E-state index in [1.54, 1.807) is 17.8 Å². The third-order valence-electron chi connectivity index (χ3n) is 4.12. The average Bonchev–Trinajstić information content (AvgIpc) is 3.05. The number of aliphatic imine (C=N–C) groups is 1. The van der Waals surface area contributed by atoms with Crippen LogP contribution in [0.5, 0.6) is 0 Å². The zero-order valence-corrected chi connectivity index (χ0v) is 18.6. The summed E-state index contributed by atoms with van der Waals surface area (Å²) < 4.78 is 21.9. The summed E-state index contributed by atoms with van der Waals surface area (Å²) in [6, 6.07) is 4.66. The topological polar surface area (TPSA) is 54.7 Å². The van der Waals surface area contributed by atoms with Gasteiger partial charge in [0.2, 0.25) is 0 Å². The first-order valence-corrected chi connectivity index (χ1v) is 8.86. The first-order chi connectivity index (χ1) is 12.1. The van der Waals surface area contributed by atoms with Crippen LogP contribution in [0.2, 0.25) is 0 Å². The van der Waals surface area contributed by atoms with E-state index in [0.29, 0.717) is 19.7 Å². The number of nitrogens with one attached hydrogen (secondary N) is 1. The minimum Gasteiger partial charge on any atom is -0.370 e. The third kappa shape index (κ3) is 5.17. The van der Waals surface area contributed by atoms with E-state index in [9.17, 15) is 4.39 Å². The average molecular weight is 538 g/mol. The van der Waals surface area contributed by atoms with E-state index in [1.165, 1.54) is 12.1 Å². The Hall–Kier alpha value is -1.20. The number of guanidine groups is 1. The van der Waals surface area contributed by atoms with Crippen LogP contribution in [0.15, 0.2) is 40.1 Å². The second kappa shape index (κ2) is 9.65. The monoisotopic (exact) mass is 537 g/mol. The highest BCUT2D eigenvalue weighted by atomic mass is 127. The molecule has 1 atom stereocenters. The molecule has 0 radical (unpaired) electrons. The Kier molecular flexibility index (Phi) is 7.84. The zero-order valence-electron chi connectivity index (χ0n) is 14.7. The van der Waals surface area contributed by atoms with Crippen LogP contribution in [0.25, 0.3) is 0 Å². The van der Waals surface area contributed by atoms with Crippen LogP contribution in [-0.4, -0.2) is 47.4 Å². The van der Waals surface area contributed by atoms with Gasteiger partial charge in [0.1, 0.15) is 11.9 Å². The number of ether oxygens (including phenoxy) is 1. The van der Waals surface area contributed by atoms with Gasteiger partial charge in [-0.15, -0.1) is 24.0 Å². The van der Waals surface area contributed by atoms with Gasteiger partial charge in [0.15, 0.2) is 5.96 Å². The van der Waals surface area contributed by atoms with E-state index in [0.717, 1.165) is 28.1 Å². The van der Waals surface area contributed by atoms with Crippen LogP contribution in [0.3, 0.4) is 0 Å². The number of nitrogens with zero attached hydrogens (tertiary/aromatic N) is 4. The number of benzene rings is 1. The second-order valence-corrected chi connectivity index (χ2v) is 6.74. The van der Waals surface area contributed by atoms with Crippen molar-refractivity contribution >= 4 is 45.9 Å². The highest BCUT2D eigenvalue weighted by Gasteiger charge is 2.25. The van der Waals surface area contributed by atoms with Gasteiger partial charge in [0.05, 0.1) is 19.3 Å². The quantitative estimate of drug-likeness (QED) is 0.371. The molecule has 1 aliphatic rings. The fourth-order valence-electron chi connectivity index (χ4n) is 2.84. The molecule has 3 rings (SSSR count). The summed E-state index contributed by atoms with van der Waals surface area (Å²) >= 11 is 3.45. The predicted molar refractivity (Wildman–Crippen MR) is 113 cm³/mol. The van der Waals surface area contributed by atoms with Gasteiger partial charge in [-0.2, -0.15) is 5.10 Å². The van der Waals surface area contributed by atoms with Crippen LogP contribution in [0.1, 0.15) is 17.2 Å². The highest BCUT2D eigenvalue weighted by Crippen LogP contribution is 2.22. The van der Waals surface area contributed by atoms with E-state index in [1.807, 2.05) is 19.4 Å². The summed E-state index contributed by atoms with van der Waals surface area (Å²) in [7, 11) is 3.64. The fraction of sp³-hybridized carbons (Fsp3) is 0.412. The van der Waals surface area contributed by atoms with Crippen LogP contribution in [0, 0.1) is 5.82 Å². The Labute approximate surface area is 178 Å². The molecule has 1 aliphatic heterocycles. The van der Waals surface area contributed by atoms with Gasteiger partial charge in [-0.05, 0) is 23.8 Å². The van der Waals surface area contributed by atoms with E-state index in [4.69, 9.17) is 4.74 Å². The van der Waals surface area contributed by atoms with Crippen molar-refractivity contribution in [2.75, 3.05) is 26.7 Å². The SMILES string of the molecule is CN=C(NCc1cc(F)ccc1Br)N1CCOC(c2cnn(C)c2)C1.I. The molecule has 1 fully saturated rings. The summed E-state index contributed by atoms with van der Waals surface area (Å²) in [5, 5.41) is 7.51. The van der Waals surface area contributed by atoms with Gasteiger partial charge in [-0.25, -0.2) is 4.39 Å². The predicted octanol–water partition coefficient (Wildman–Crippen LogP) is 3.09. The maximum atomic E-state index is 13.4. The molecular formula is C17H22BrFIN5O. The third-order valence-corrected chi connectivity index (χ3v) is 4.89. The van der Waals surface area contributed by atoms with Crippen LogP contribution in [-0.2, 0) is 18.3 Å². The van der Waals surface area contributed by atoms with E-state index < -0.39 is 0 Å². The second-order valence-electron chi connectivity index (χ2n) is 5.89. The Bertz CT molecular complexity index is 769. The first kappa shape index (κ1) is 21.1. The molecule has 1 N–H and O–H groups in total. The fourth-order valence-corrected chi connectivity index (χ4v) is 3.22. The Morgan fingerprint density at radius 2 is 2.31 bits per heavy atom. The molecular weight excluding hydrogens is 516 g/mol. The molecule has 1 saturated heterocycles.